The Morgan fingerprint density at radius 2 is 1.18 bits per heavy atom. The minimum Gasteiger partial charge on any atom is -0.456 e. The van der Waals surface area contributed by atoms with Gasteiger partial charge in [-0.05, 0) is 54.6 Å². The Balaban J connectivity index is 1.27. The maximum Gasteiger partial charge on any atom is 0.227 e. The van der Waals surface area contributed by atoms with Crippen molar-refractivity contribution < 1.29 is 8.83 Å². The first-order valence-corrected chi connectivity index (χ1v) is 19.2. The van der Waals surface area contributed by atoms with Gasteiger partial charge in [0.05, 0.1) is 38.2 Å². The lowest BCUT2D eigenvalue weighted by molar-refractivity contribution is 0.620. The second kappa shape index (κ2) is 11.7. The number of hydrogen-bond acceptors (Lipinski definition) is 5. The van der Waals surface area contributed by atoms with Crippen LogP contribution in [0.1, 0.15) is 0 Å². The van der Waals surface area contributed by atoms with Gasteiger partial charge < -0.3 is 18.3 Å². The third-order valence-electron chi connectivity index (χ3n) is 10.8. The summed E-state index contributed by atoms with van der Waals surface area (Å²) < 4.78 is 18.5. The highest BCUT2D eigenvalue weighted by atomic mass is 32.1. The van der Waals surface area contributed by atoms with Crippen molar-refractivity contribution in [2.75, 3.05) is 4.90 Å². The molecule has 0 aliphatic heterocycles. The van der Waals surface area contributed by atoms with E-state index in [4.69, 9.17) is 13.8 Å². The van der Waals surface area contributed by atoms with Crippen LogP contribution in [-0.4, -0.2) is 9.55 Å². The van der Waals surface area contributed by atoms with Gasteiger partial charge >= 0.3 is 0 Å². The fourth-order valence-electron chi connectivity index (χ4n) is 8.46. The lowest BCUT2D eigenvalue weighted by atomic mass is 10.1. The second-order valence-electron chi connectivity index (χ2n) is 13.9. The number of para-hydroxylation sites is 4. The molecule has 0 aliphatic rings. The molecule has 0 amide bonds. The molecule has 12 rings (SSSR count). The molecule has 0 saturated carbocycles. The summed E-state index contributed by atoms with van der Waals surface area (Å²) in [5.41, 5.74) is 10.1. The molecule has 0 fully saturated rings. The SMILES string of the molecule is c1ccc(-c2nc3c(o2)c(N(c2cccc4c2sc2ccccc24)c2cccc4c5ccccc5n(-c5ccccc5)c24)cc2oc4ccccc4c23)cc1. The van der Waals surface area contributed by atoms with Crippen LogP contribution in [0.4, 0.5) is 17.1 Å². The average molecular weight is 724 g/mol. The van der Waals surface area contributed by atoms with Crippen LogP contribution in [0.2, 0.25) is 0 Å². The fourth-order valence-corrected chi connectivity index (χ4v) is 9.66. The predicted molar refractivity (Wildman–Crippen MR) is 229 cm³/mol. The molecule has 258 valence electrons. The normalized spacial score (nSPS) is 12.0. The minimum atomic E-state index is 0.561. The zero-order valence-electron chi connectivity index (χ0n) is 29.3. The number of hydrogen-bond donors (Lipinski definition) is 0. The molecule has 0 bridgehead atoms. The molecule has 0 unspecified atom stereocenters. The molecule has 0 radical (unpaired) electrons. The lowest BCUT2D eigenvalue weighted by Crippen LogP contribution is -2.12. The molecule has 0 aliphatic carbocycles. The van der Waals surface area contributed by atoms with Gasteiger partial charge in [0, 0.05) is 48.9 Å². The highest BCUT2D eigenvalue weighted by molar-refractivity contribution is 7.26. The lowest BCUT2D eigenvalue weighted by Gasteiger charge is -2.27. The molecule has 0 atom stereocenters. The Hall–Kier alpha value is -7.15. The van der Waals surface area contributed by atoms with Crippen molar-refractivity contribution in [1.29, 1.82) is 0 Å². The van der Waals surface area contributed by atoms with Crippen molar-refractivity contribution in [3.8, 4) is 17.1 Å². The van der Waals surface area contributed by atoms with E-state index in [-0.39, 0.29) is 0 Å². The Morgan fingerprint density at radius 1 is 0.509 bits per heavy atom. The van der Waals surface area contributed by atoms with Gasteiger partial charge in [0.25, 0.3) is 0 Å². The molecule has 6 heteroatoms. The van der Waals surface area contributed by atoms with E-state index in [1.165, 1.54) is 25.6 Å². The third kappa shape index (κ3) is 4.43. The molecule has 55 heavy (non-hydrogen) atoms. The van der Waals surface area contributed by atoms with Crippen LogP contribution in [0.5, 0.6) is 0 Å². The summed E-state index contributed by atoms with van der Waals surface area (Å²) in [6.45, 7) is 0. The number of anilines is 3. The van der Waals surface area contributed by atoms with Gasteiger partial charge in [-0.3, -0.25) is 0 Å². The van der Waals surface area contributed by atoms with Gasteiger partial charge in [-0.2, -0.15) is 0 Å². The van der Waals surface area contributed by atoms with Crippen molar-refractivity contribution in [1.82, 2.24) is 9.55 Å². The van der Waals surface area contributed by atoms with Crippen molar-refractivity contribution in [2.24, 2.45) is 0 Å². The topological polar surface area (TPSA) is 47.3 Å². The standard InChI is InChI=1S/C49H29N3O2S/c1-3-15-30(16-4-1)49-50-45-44-36-21-8-11-27-41(36)53-42(44)29-40(47(45)54-49)52(39-26-14-23-35-33-20-9-12-28-43(33)55-48(35)39)38-25-13-22-34-32-19-7-10-24-37(32)51(46(34)38)31-17-5-2-6-18-31/h1-29H. The van der Waals surface area contributed by atoms with Crippen LogP contribution in [0, 0.1) is 0 Å². The summed E-state index contributed by atoms with van der Waals surface area (Å²) in [5, 5.41) is 6.75. The van der Waals surface area contributed by atoms with Gasteiger partial charge in [0.15, 0.2) is 5.58 Å². The molecule has 8 aromatic carbocycles. The zero-order chi connectivity index (χ0) is 36.0. The van der Waals surface area contributed by atoms with Crippen LogP contribution in [0.3, 0.4) is 0 Å². The van der Waals surface area contributed by atoms with Gasteiger partial charge in [-0.1, -0.05) is 115 Å². The number of furan rings is 1. The molecule has 5 nitrogen and oxygen atoms in total. The summed E-state index contributed by atoms with van der Waals surface area (Å²) in [5.74, 6) is 0.561. The molecule has 0 spiro atoms. The highest BCUT2D eigenvalue weighted by Gasteiger charge is 2.29. The summed E-state index contributed by atoms with van der Waals surface area (Å²) >= 11 is 1.81. The molecule has 4 heterocycles. The number of thiophene rings is 1. The van der Waals surface area contributed by atoms with Crippen LogP contribution >= 0.6 is 11.3 Å². The maximum absolute atomic E-state index is 6.99. The Bertz CT molecular complexity index is 3450. The van der Waals surface area contributed by atoms with E-state index < -0.39 is 0 Å². The monoisotopic (exact) mass is 723 g/mol. The largest absolute Gasteiger partial charge is 0.456 e. The Labute approximate surface area is 318 Å². The number of rotatable bonds is 5. The van der Waals surface area contributed by atoms with Crippen molar-refractivity contribution in [3.05, 3.63) is 176 Å². The van der Waals surface area contributed by atoms with Crippen LogP contribution in [0.15, 0.2) is 185 Å². The van der Waals surface area contributed by atoms with Crippen molar-refractivity contribution in [3.63, 3.8) is 0 Å². The summed E-state index contributed by atoms with van der Waals surface area (Å²) in [4.78, 5) is 7.65. The number of aromatic nitrogens is 2. The average Bonchev–Trinajstić information content (AvgIpc) is 4.02. The molecular weight excluding hydrogens is 695 g/mol. The van der Waals surface area contributed by atoms with Gasteiger partial charge in [0.2, 0.25) is 5.89 Å². The number of oxazole rings is 1. The van der Waals surface area contributed by atoms with E-state index in [0.717, 1.165) is 72.2 Å². The van der Waals surface area contributed by atoms with E-state index >= 15 is 0 Å². The molecule has 12 aromatic rings. The second-order valence-corrected chi connectivity index (χ2v) is 14.9. The smallest absolute Gasteiger partial charge is 0.227 e. The van der Waals surface area contributed by atoms with E-state index in [9.17, 15) is 0 Å². The van der Waals surface area contributed by atoms with Crippen LogP contribution in [0.25, 0.3) is 92.2 Å². The summed E-state index contributed by atoms with van der Waals surface area (Å²) in [6.07, 6.45) is 0. The number of benzene rings is 8. The summed E-state index contributed by atoms with van der Waals surface area (Å²) in [7, 11) is 0. The number of fused-ring (bicyclic) bond motifs is 11. The van der Waals surface area contributed by atoms with Crippen LogP contribution < -0.4 is 4.90 Å². The highest BCUT2D eigenvalue weighted by Crippen LogP contribution is 2.51. The molecule has 0 saturated heterocycles. The minimum absolute atomic E-state index is 0.561. The van der Waals surface area contributed by atoms with E-state index in [1.807, 2.05) is 59.9 Å². The Morgan fingerprint density at radius 3 is 2.04 bits per heavy atom. The zero-order valence-corrected chi connectivity index (χ0v) is 30.1. The maximum atomic E-state index is 6.99. The molecule has 4 aromatic heterocycles. The van der Waals surface area contributed by atoms with E-state index in [2.05, 4.69) is 137 Å². The van der Waals surface area contributed by atoms with Crippen LogP contribution in [-0.2, 0) is 0 Å². The third-order valence-corrected chi connectivity index (χ3v) is 12.0. The van der Waals surface area contributed by atoms with E-state index in [1.54, 1.807) is 0 Å². The van der Waals surface area contributed by atoms with Gasteiger partial charge in [-0.25, -0.2) is 4.98 Å². The van der Waals surface area contributed by atoms with Crippen molar-refractivity contribution >= 4 is 103 Å². The fraction of sp³-hybridized carbons (Fsp3) is 0. The first-order chi connectivity index (χ1) is 27.3. The van der Waals surface area contributed by atoms with Gasteiger partial charge in [-0.15, -0.1) is 11.3 Å². The van der Waals surface area contributed by atoms with E-state index in [0.29, 0.717) is 11.5 Å². The predicted octanol–water partition coefficient (Wildman–Crippen LogP) is 14.3. The van der Waals surface area contributed by atoms with Gasteiger partial charge in [0.1, 0.15) is 16.7 Å². The summed E-state index contributed by atoms with van der Waals surface area (Å²) in [6, 6.07) is 61.7. The first-order valence-electron chi connectivity index (χ1n) is 18.4. The Kier molecular flexibility index (Phi) is 6.44. The quantitative estimate of drug-likeness (QED) is 0.177. The molecular formula is C49H29N3O2S. The molecule has 0 N–H and O–H groups in total. The van der Waals surface area contributed by atoms with Crippen molar-refractivity contribution in [2.45, 2.75) is 0 Å². The first kappa shape index (κ1) is 30.3. The number of nitrogens with zero attached hydrogens (tertiary/aromatic N) is 3.